The third kappa shape index (κ3) is 5.07. The van der Waals surface area contributed by atoms with Crippen LogP contribution in [-0.4, -0.2) is 40.7 Å². The van der Waals surface area contributed by atoms with E-state index in [-0.39, 0.29) is 23.8 Å². The minimum absolute atomic E-state index is 0.0269. The number of nitrogens with one attached hydrogen (secondary N) is 1. The summed E-state index contributed by atoms with van der Waals surface area (Å²) in [5.74, 6) is 1.05. The monoisotopic (exact) mass is 372 g/mol. The maximum atomic E-state index is 13.0. The Bertz CT molecular complexity index is 742. The number of hydrogen-bond acceptors (Lipinski definition) is 5. The largest absolute Gasteiger partial charge is 0.497 e. The molecule has 1 aliphatic heterocycles. The molecule has 27 heavy (non-hydrogen) atoms. The molecule has 0 fully saturated rings. The van der Waals surface area contributed by atoms with Crippen molar-refractivity contribution >= 4 is 5.91 Å². The first-order chi connectivity index (χ1) is 13.1. The lowest BCUT2D eigenvalue weighted by Gasteiger charge is -2.25. The summed E-state index contributed by atoms with van der Waals surface area (Å²) in [5.41, 5.74) is 2.11. The van der Waals surface area contributed by atoms with E-state index in [1.165, 1.54) is 0 Å². The van der Waals surface area contributed by atoms with Gasteiger partial charge < -0.3 is 14.8 Å². The van der Waals surface area contributed by atoms with Crippen LogP contribution in [0.5, 0.6) is 5.75 Å². The lowest BCUT2D eigenvalue weighted by atomic mass is 9.92. The molecule has 3 rings (SSSR count). The molecule has 0 aliphatic carbocycles. The molecule has 2 atom stereocenters. The summed E-state index contributed by atoms with van der Waals surface area (Å²) < 4.78 is 12.8. The molecular weight excluding hydrogens is 344 g/mol. The van der Waals surface area contributed by atoms with E-state index in [4.69, 9.17) is 9.47 Å². The Balaban J connectivity index is 1.79. The van der Waals surface area contributed by atoms with E-state index in [1.54, 1.807) is 18.0 Å². The normalized spacial score (nSPS) is 21.3. The zero-order valence-corrected chi connectivity index (χ0v) is 16.2. The van der Waals surface area contributed by atoms with Gasteiger partial charge in [0.2, 0.25) is 5.91 Å². The number of aromatic nitrogens is 3. The van der Waals surface area contributed by atoms with Gasteiger partial charge in [-0.1, -0.05) is 31.2 Å². The number of aryl methyl sites for hydroxylation is 1. The summed E-state index contributed by atoms with van der Waals surface area (Å²) in [4.78, 5) is 13.0. The Hall–Kier alpha value is -2.41. The van der Waals surface area contributed by atoms with Crippen LogP contribution >= 0.6 is 0 Å². The van der Waals surface area contributed by atoms with Crippen molar-refractivity contribution in [2.45, 2.75) is 45.9 Å². The van der Waals surface area contributed by atoms with Crippen LogP contribution in [0.25, 0.3) is 0 Å². The summed E-state index contributed by atoms with van der Waals surface area (Å²) in [5, 5.41) is 11.3. The van der Waals surface area contributed by atoms with Crippen LogP contribution < -0.4 is 10.1 Å². The van der Waals surface area contributed by atoms with Gasteiger partial charge in [0.25, 0.3) is 0 Å². The number of amides is 1. The maximum absolute atomic E-state index is 13.0. The molecule has 0 saturated heterocycles. The number of benzene rings is 1. The van der Waals surface area contributed by atoms with Crippen molar-refractivity contribution in [3.05, 3.63) is 41.7 Å². The second-order valence-corrected chi connectivity index (χ2v) is 7.37. The molecule has 0 saturated carbocycles. The first-order valence-electron chi connectivity index (χ1n) is 9.45. The average Bonchev–Trinajstić information content (AvgIpc) is 3.10. The highest BCUT2D eigenvalue weighted by atomic mass is 16.5. The molecule has 1 aromatic carbocycles. The number of fused-ring (bicyclic) bond motifs is 1. The number of ether oxygens (including phenoxy) is 2. The predicted octanol–water partition coefficient (Wildman–Crippen LogP) is 2.21. The quantitative estimate of drug-likeness (QED) is 0.890. The molecular formula is C20H28N4O3. The molecule has 1 aliphatic rings. The van der Waals surface area contributed by atoms with Gasteiger partial charge in [-0.15, -0.1) is 5.10 Å². The molecule has 0 unspecified atom stereocenters. The summed E-state index contributed by atoms with van der Waals surface area (Å²) in [7, 11) is 1.65. The second kappa shape index (κ2) is 8.99. The SMILES string of the molecule is COc1ccc(C[C@@H]2CCc3cnnn3COC[C@H](C(C)C)NC2=O)cc1. The van der Waals surface area contributed by atoms with E-state index in [0.29, 0.717) is 19.8 Å². The Morgan fingerprint density at radius 3 is 2.81 bits per heavy atom. The lowest BCUT2D eigenvalue weighted by Crippen LogP contribution is -2.45. The van der Waals surface area contributed by atoms with Gasteiger partial charge in [-0.2, -0.15) is 0 Å². The van der Waals surface area contributed by atoms with Gasteiger partial charge >= 0.3 is 0 Å². The third-order valence-electron chi connectivity index (χ3n) is 5.10. The number of rotatable bonds is 4. The van der Waals surface area contributed by atoms with E-state index >= 15 is 0 Å². The average molecular weight is 372 g/mol. The zero-order valence-electron chi connectivity index (χ0n) is 16.2. The maximum Gasteiger partial charge on any atom is 0.223 e. The summed E-state index contributed by atoms with van der Waals surface area (Å²) in [6.07, 6.45) is 3.90. The molecule has 2 heterocycles. The predicted molar refractivity (Wildman–Crippen MR) is 101 cm³/mol. The number of carbonyl (C=O) groups excluding carboxylic acids is 1. The van der Waals surface area contributed by atoms with Crippen LogP contribution in [0.2, 0.25) is 0 Å². The summed E-state index contributed by atoms with van der Waals surface area (Å²) in [6.45, 7) is 5.00. The van der Waals surface area contributed by atoms with E-state index < -0.39 is 0 Å². The van der Waals surface area contributed by atoms with Gasteiger partial charge in [0, 0.05) is 5.92 Å². The molecule has 0 spiro atoms. The highest BCUT2D eigenvalue weighted by Gasteiger charge is 2.25. The zero-order chi connectivity index (χ0) is 19.2. The van der Waals surface area contributed by atoms with Crippen molar-refractivity contribution in [3.63, 3.8) is 0 Å². The minimum Gasteiger partial charge on any atom is -0.497 e. The molecule has 7 nitrogen and oxygen atoms in total. The number of hydrogen-bond donors (Lipinski definition) is 1. The smallest absolute Gasteiger partial charge is 0.223 e. The van der Waals surface area contributed by atoms with Crippen LogP contribution in [0, 0.1) is 11.8 Å². The third-order valence-corrected chi connectivity index (χ3v) is 5.10. The second-order valence-electron chi connectivity index (χ2n) is 7.37. The standard InChI is InChI=1S/C20H28N4O3/c1-14(2)19-12-27-13-24-17(11-21-23-24)7-6-16(20(25)22-19)10-15-4-8-18(26-3)9-5-15/h4-5,8-9,11,14,16,19H,6-7,10,12-13H2,1-3H3,(H,22,25)/t16-,19+/m0/s1. The Labute approximate surface area is 160 Å². The van der Waals surface area contributed by atoms with Crippen LogP contribution in [-0.2, 0) is 29.1 Å². The van der Waals surface area contributed by atoms with Gasteiger partial charge in [0.15, 0.2) is 0 Å². The molecule has 7 heteroatoms. The van der Waals surface area contributed by atoms with Crippen molar-refractivity contribution in [1.29, 1.82) is 0 Å². The molecule has 1 aromatic heterocycles. The fourth-order valence-electron chi connectivity index (χ4n) is 3.24. The summed E-state index contributed by atoms with van der Waals surface area (Å²) in [6, 6.07) is 7.88. The van der Waals surface area contributed by atoms with E-state index in [2.05, 4.69) is 29.5 Å². The van der Waals surface area contributed by atoms with Crippen LogP contribution in [0.4, 0.5) is 0 Å². The van der Waals surface area contributed by atoms with Crippen molar-refractivity contribution < 1.29 is 14.3 Å². The Kier molecular flexibility index (Phi) is 6.45. The Morgan fingerprint density at radius 1 is 1.33 bits per heavy atom. The number of carbonyl (C=O) groups is 1. The van der Waals surface area contributed by atoms with E-state index in [0.717, 1.165) is 29.8 Å². The highest BCUT2D eigenvalue weighted by Crippen LogP contribution is 2.20. The number of nitrogens with zero attached hydrogens (tertiary/aromatic N) is 3. The topological polar surface area (TPSA) is 78.3 Å². The van der Waals surface area contributed by atoms with Gasteiger partial charge in [-0.3, -0.25) is 4.79 Å². The van der Waals surface area contributed by atoms with Crippen molar-refractivity contribution in [2.75, 3.05) is 13.7 Å². The van der Waals surface area contributed by atoms with Crippen molar-refractivity contribution in [2.24, 2.45) is 11.8 Å². The molecule has 146 valence electrons. The van der Waals surface area contributed by atoms with E-state index in [1.807, 2.05) is 24.3 Å². The van der Waals surface area contributed by atoms with Gasteiger partial charge in [0.05, 0.1) is 31.6 Å². The van der Waals surface area contributed by atoms with Crippen LogP contribution in [0.15, 0.2) is 30.5 Å². The molecule has 1 amide bonds. The molecule has 2 aromatic rings. The minimum atomic E-state index is -0.124. The van der Waals surface area contributed by atoms with Crippen molar-refractivity contribution in [1.82, 2.24) is 20.3 Å². The van der Waals surface area contributed by atoms with Gasteiger partial charge in [-0.25, -0.2) is 4.68 Å². The fourth-order valence-corrected chi connectivity index (χ4v) is 3.24. The fraction of sp³-hybridized carbons (Fsp3) is 0.550. The van der Waals surface area contributed by atoms with Crippen molar-refractivity contribution in [3.8, 4) is 5.75 Å². The molecule has 0 radical (unpaired) electrons. The van der Waals surface area contributed by atoms with Crippen LogP contribution in [0.3, 0.4) is 0 Å². The van der Waals surface area contributed by atoms with Crippen LogP contribution in [0.1, 0.15) is 31.5 Å². The van der Waals surface area contributed by atoms with E-state index in [9.17, 15) is 4.79 Å². The van der Waals surface area contributed by atoms with Gasteiger partial charge in [0.1, 0.15) is 12.5 Å². The first kappa shape index (κ1) is 19.4. The molecule has 1 N–H and O–H groups in total. The lowest BCUT2D eigenvalue weighted by molar-refractivity contribution is -0.126. The first-order valence-corrected chi connectivity index (χ1v) is 9.45. The summed E-state index contributed by atoms with van der Waals surface area (Å²) >= 11 is 0. The van der Waals surface area contributed by atoms with Gasteiger partial charge in [-0.05, 0) is 42.9 Å². The number of methoxy groups -OCH3 is 1. The highest BCUT2D eigenvalue weighted by molar-refractivity contribution is 5.79. The molecule has 0 bridgehead atoms. The Morgan fingerprint density at radius 2 is 2.11 bits per heavy atom.